The van der Waals surface area contributed by atoms with Crippen LogP contribution >= 0.6 is 15.9 Å². The zero-order valence-electron chi connectivity index (χ0n) is 10.7. The van der Waals surface area contributed by atoms with Gasteiger partial charge in [0, 0.05) is 10.5 Å². The zero-order valence-corrected chi connectivity index (χ0v) is 12.3. The molecular weight excluding hydrogens is 294 g/mol. The molecule has 4 heteroatoms. The van der Waals surface area contributed by atoms with E-state index >= 15 is 0 Å². The molecule has 0 aliphatic carbocycles. The van der Waals surface area contributed by atoms with Gasteiger partial charge in [0.15, 0.2) is 0 Å². The third-order valence-electron chi connectivity index (χ3n) is 3.98. The van der Waals surface area contributed by atoms with E-state index in [9.17, 15) is 9.90 Å². The van der Waals surface area contributed by atoms with Crippen molar-refractivity contribution >= 4 is 21.9 Å². The molecule has 1 aromatic carbocycles. The van der Waals surface area contributed by atoms with Gasteiger partial charge in [-0.1, -0.05) is 28.1 Å². The predicted octanol–water partition coefficient (Wildman–Crippen LogP) is 3.45. The van der Waals surface area contributed by atoms with E-state index in [1.165, 1.54) is 0 Å². The van der Waals surface area contributed by atoms with Gasteiger partial charge in [0.25, 0.3) is 0 Å². The summed E-state index contributed by atoms with van der Waals surface area (Å²) in [4.78, 5) is 13.6. The third kappa shape index (κ3) is 2.31. The average Bonchev–Trinajstić information content (AvgIpc) is 2.73. The number of aliphatic carboxylic acids is 1. The first kappa shape index (κ1) is 13.6. The van der Waals surface area contributed by atoms with Crippen LogP contribution in [0.5, 0.6) is 0 Å². The average molecular weight is 312 g/mol. The quantitative estimate of drug-likeness (QED) is 0.929. The molecule has 2 atom stereocenters. The van der Waals surface area contributed by atoms with Crippen molar-refractivity contribution in [2.75, 3.05) is 6.54 Å². The lowest BCUT2D eigenvalue weighted by molar-refractivity contribution is -0.149. The molecule has 0 spiro atoms. The van der Waals surface area contributed by atoms with Crippen molar-refractivity contribution in [2.24, 2.45) is 0 Å². The number of halogens is 1. The Morgan fingerprint density at radius 3 is 2.61 bits per heavy atom. The topological polar surface area (TPSA) is 40.5 Å². The van der Waals surface area contributed by atoms with Crippen LogP contribution in [-0.4, -0.2) is 28.1 Å². The van der Waals surface area contributed by atoms with Crippen LogP contribution in [0.2, 0.25) is 0 Å². The van der Waals surface area contributed by atoms with Crippen LogP contribution < -0.4 is 0 Å². The second-order valence-corrected chi connectivity index (χ2v) is 6.02. The summed E-state index contributed by atoms with van der Waals surface area (Å²) in [5, 5.41) is 9.43. The van der Waals surface area contributed by atoms with E-state index in [0.29, 0.717) is 0 Å². The normalized spacial score (nSPS) is 26.2. The number of carbonyl (C=O) groups is 1. The van der Waals surface area contributed by atoms with Crippen LogP contribution in [-0.2, 0) is 4.79 Å². The first-order valence-electron chi connectivity index (χ1n) is 6.21. The lowest BCUT2D eigenvalue weighted by Gasteiger charge is -2.36. The zero-order chi connectivity index (χ0) is 13.3. The van der Waals surface area contributed by atoms with Crippen LogP contribution in [0.4, 0.5) is 0 Å². The lowest BCUT2D eigenvalue weighted by Crippen LogP contribution is -2.48. The van der Waals surface area contributed by atoms with Crippen LogP contribution in [0.25, 0.3) is 0 Å². The maximum Gasteiger partial charge on any atom is 0.323 e. The minimum absolute atomic E-state index is 0.127. The van der Waals surface area contributed by atoms with Crippen molar-refractivity contribution in [3.63, 3.8) is 0 Å². The number of nitrogens with zero attached hydrogens (tertiary/aromatic N) is 1. The van der Waals surface area contributed by atoms with Crippen molar-refractivity contribution in [3.8, 4) is 0 Å². The third-order valence-corrected chi connectivity index (χ3v) is 4.51. The van der Waals surface area contributed by atoms with Gasteiger partial charge in [0.05, 0.1) is 0 Å². The number of rotatable bonds is 3. The fraction of sp³-hybridized carbons (Fsp3) is 0.500. The molecule has 1 fully saturated rings. The number of carboxylic acid groups (broad SMARTS) is 1. The number of hydrogen-bond acceptors (Lipinski definition) is 2. The van der Waals surface area contributed by atoms with Gasteiger partial charge >= 0.3 is 5.97 Å². The van der Waals surface area contributed by atoms with Gasteiger partial charge in [0.1, 0.15) is 5.54 Å². The Kier molecular flexibility index (Phi) is 3.78. The number of benzene rings is 1. The van der Waals surface area contributed by atoms with E-state index in [-0.39, 0.29) is 6.04 Å². The van der Waals surface area contributed by atoms with Crippen LogP contribution in [0, 0.1) is 0 Å². The molecule has 3 nitrogen and oxygen atoms in total. The summed E-state index contributed by atoms with van der Waals surface area (Å²) in [6.07, 6.45) is 1.67. The van der Waals surface area contributed by atoms with E-state index in [2.05, 4.69) is 39.9 Å². The molecule has 0 radical (unpaired) electrons. The maximum absolute atomic E-state index is 11.5. The van der Waals surface area contributed by atoms with E-state index in [1.807, 2.05) is 19.1 Å². The highest BCUT2D eigenvalue weighted by Crippen LogP contribution is 2.37. The molecule has 18 heavy (non-hydrogen) atoms. The van der Waals surface area contributed by atoms with E-state index in [4.69, 9.17) is 0 Å². The summed E-state index contributed by atoms with van der Waals surface area (Å²) >= 11 is 3.42. The first-order chi connectivity index (χ1) is 8.45. The lowest BCUT2D eigenvalue weighted by atomic mass is 9.96. The standard InChI is InChI=1S/C14H18BrNO2/c1-10(11-4-6-12(15)7-5-11)16-9-3-8-14(16,2)13(17)18/h4-7,10H,3,8-9H2,1-2H3,(H,17,18). The van der Waals surface area contributed by atoms with Crippen LogP contribution in [0.15, 0.2) is 28.7 Å². The Morgan fingerprint density at radius 1 is 1.44 bits per heavy atom. The highest BCUT2D eigenvalue weighted by molar-refractivity contribution is 9.10. The Bertz CT molecular complexity index is 446. The summed E-state index contributed by atoms with van der Waals surface area (Å²) < 4.78 is 1.04. The van der Waals surface area contributed by atoms with Crippen molar-refractivity contribution in [2.45, 2.75) is 38.3 Å². The molecule has 1 aromatic rings. The molecular formula is C14H18BrNO2. The van der Waals surface area contributed by atoms with E-state index in [1.54, 1.807) is 0 Å². The monoisotopic (exact) mass is 311 g/mol. The van der Waals surface area contributed by atoms with Gasteiger partial charge in [-0.05, 0) is 50.9 Å². The molecule has 98 valence electrons. The fourth-order valence-corrected chi connectivity index (χ4v) is 3.02. The number of hydrogen-bond donors (Lipinski definition) is 1. The molecule has 1 aliphatic rings. The molecule has 0 saturated carbocycles. The van der Waals surface area contributed by atoms with Gasteiger partial charge in [-0.25, -0.2) is 0 Å². The van der Waals surface area contributed by atoms with Gasteiger partial charge in [0.2, 0.25) is 0 Å². The molecule has 1 heterocycles. The Morgan fingerprint density at radius 2 is 2.06 bits per heavy atom. The Balaban J connectivity index is 2.25. The molecule has 1 aliphatic heterocycles. The van der Waals surface area contributed by atoms with Gasteiger partial charge in [-0.15, -0.1) is 0 Å². The summed E-state index contributed by atoms with van der Waals surface area (Å²) in [5.74, 6) is -0.719. The number of carboxylic acids is 1. The van der Waals surface area contributed by atoms with Crippen molar-refractivity contribution in [1.82, 2.24) is 4.90 Å². The summed E-state index contributed by atoms with van der Waals surface area (Å²) in [6, 6.07) is 8.23. The summed E-state index contributed by atoms with van der Waals surface area (Å²) in [5.41, 5.74) is 0.430. The molecule has 0 amide bonds. The molecule has 0 bridgehead atoms. The van der Waals surface area contributed by atoms with Crippen LogP contribution in [0.3, 0.4) is 0 Å². The first-order valence-corrected chi connectivity index (χ1v) is 7.00. The maximum atomic E-state index is 11.5. The summed E-state index contributed by atoms with van der Waals surface area (Å²) in [6.45, 7) is 4.76. The summed E-state index contributed by atoms with van der Waals surface area (Å²) in [7, 11) is 0. The van der Waals surface area contributed by atoms with E-state index in [0.717, 1.165) is 29.4 Å². The van der Waals surface area contributed by atoms with E-state index < -0.39 is 11.5 Å². The smallest absolute Gasteiger partial charge is 0.323 e. The number of likely N-dealkylation sites (tertiary alicyclic amines) is 1. The van der Waals surface area contributed by atoms with Crippen molar-refractivity contribution in [3.05, 3.63) is 34.3 Å². The molecule has 0 aromatic heterocycles. The largest absolute Gasteiger partial charge is 0.480 e. The second kappa shape index (κ2) is 5.02. The Labute approximate surface area is 116 Å². The highest BCUT2D eigenvalue weighted by Gasteiger charge is 2.45. The SMILES string of the molecule is CC(c1ccc(Br)cc1)N1CCCC1(C)C(=O)O. The molecule has 1 N–H and O–H groups in total. The molecule has 2 rings (SSSR count). The molecule has 1 saturated heterocycles. The van der Waals surface area contributed by atoms with Crippen molar-refractivity contribution < 1.29 is 9.90 Å². The predicted molar refractivity (Wildman–Crippen MR) is 74.5 cm³/mol. The van der Waals surface area contributed by atoms with Gasteiger partial charge in [-0.2, -0.15) is 0 Å². The minimum atomic E-state index is -0.730. The van der Waals surface area contributed by atoms with Crippen LogP contribution in [0.1, 0.15) is 38.3 Å². The Hall–Kier alpha value is -0.870. The van der Waals surface area contributed by atoms with Gasteiger partial charge in [-0.3, -0.25) is 9.69 Å². The fourth-order valence-electron chi connectivity index (χ4n) is 2.76. The molecule has 2 unspecified atom stereocenters. The highest BCUT2D eigenvalue weighted by atomic mass is 79.9. The second-order valence-electron chi connectivity index (χ2n) is 5.10. The minimum Gasteiger partial charge on any atom is -0.480 e. The van der Waals surface area contributed by atoms with Gasteiger partial charge < -0.3 is 5.11 Å². The van der Waals surface area contributed by atoms with Crippen molar-refractivity contribution in [1.29, 1.82) is 0 Å².